The Balaban J connectivity index is 0.00000300. The van der Waals surface area contributed by atoms with E-state index in [1.165, 1.54) is 12.1 Å². The van der Waals surface area contributed by atoms with Crippen LogP contribution in [0.5, 0.6) is 0 Å². The summed E-state index contributed by atoms with van der Waals surface area (Å²) in [7, 11) is -3.82. The Morgan fingerprint density at radius 1 is 1.17 bits per heavy atom. The number of nitrogens with zero attached hydrogens (tertiary/aromatic N) is 1. The minimum absolute atomic E-state index is 0. The molecule has 1 saturated heterocycles. The minimum atomic E-state index is -3.82. The van der Waals surface area contributed by atoms with Gasteiger partial charge in [-0.3, -0.25) is 4.72 Å². The lowest BCUT2D eigenvalue weighted by atomic mass is 9.98. The molecule has 1 aliphatic rings. The highest BCUT2D eigenvalue weighted by Crippen LogP contribution is 2.30. The van der Waals surface area contributed by atoms with Crippen LogP contribution < -0.4 is 4.72 Å². The van der Waals surface area contributed by atoms with Crippen molar-refractivity contribution in [3.63, 3.8) is 0 Å². The van der Waals surface area contributed by atoms with Crippen LogP contribution >= 0.6 is 12.4 Å². The summed E-state index contributed by atoms with van der Waals surface area (Å²) in [5.41, 5.74) is 1.98. The van der Waals surface area contributed by atoms with E-state index in [2.05, 4.69) is 16.5 Å². The summed E-state index contributed by atoms with van der Waals surface area (Å²) in [5.74, 6) is 0.0858. The first-order valence-corrected chi connectivity index (χ1v) is 11.4. The number of likely N-dealkylation sites (tertiary alicyclic amines) is 1. The van der Waals surface area contributed by atoms with Crippen LogP contribution in [0.2, 0.25) is 0 Å². The van der Waals surface area contributed by atoms with Crippen molar-refractivity contribution in [2.45, 2.75) is 50.3 Å². The maximum Gasteiger partial charge on any atom is 0.261 e. The molecule has 0 aliphatic carbocycles. The second-order valence-electron chi connectivity index (χ2n) is 7.85. The van der Waals surface area contributed by atoms with Gasteiger partial charge in [-0.2, -0.15) is 0 Å². The zero-order valence-electron chi connectivity index (χ0n) is 17.2. The number of hydrogen-bond acceptors (Lipinski definition) is 3. The molecule has 2 aromatic carbocycles. The lowest BCUT2D eigenvalue weighted by Crippen LogP contribution is -2.21. The van der Waals surface area contributed by atoms with Gasteiger partial charge >= 0.3 is 0 Å². The molecule has 1 fully saturated rings. The molecule has 4 nitrogen and oxygen atoms in total. The van der Waals surface area contributed by atoms with Crippen molar-refractivity contribution >= 4 is 28.1 Å². The van der Waals surface area contributed by atoms with Crippen LogP contribution in [-0.2, 0) is 10.0 Å². The van der Waals surface area contributed by atoms with Crippen LogP contribution in [0, 0.1) is 5.82 Å². The first kappa shape index (κ1) is 23.6. The lowest BCUT2D eigenvalue weighted by molar-refractivity contribution is 0.335. The molecule has 0 amide bonds. The highest BCUT2D eigenvalue weighted by atomic mass is 35.5. The molecule has 1 aliphatic heterocycles. The topological polar surface area (TPSA) is 49.4 Å². The summed E-state index contributed by atoms with van der Waals surface area (Å²) in [4.78, 5) is 2.52. The second-order valence-corrected chi connectivity index (χ2v) is 9.54. The van der Waals surface area contributed by atoms with Crippen LogP contribution in [0.3, 0.4) is 0 Å². The second kappa shape index (κ2) is 9.92. The van der Waals surface area contributed by atoms with Gasteiger partial charge in [-0.15, -0.1) is 12.4 Å². The Labute approximate surface area is 180 Å². The summed E-state index contributed by atoms with van der Waals surface area (Å²) in [5, 5.41) is 0. The quantitative estimate of drug-likeness (QED) is 0.629. The maximum absolute atomic E-state index is 14.6. The SMILES string of the molecule is CCCN1CCC(c2ccc(NS(=O)(=O)c3ccc(C(C)C)cc3)c(F)c2)C1.Cl. The third-order valence-corrected chi connectivity index (χ3v) is 6.76. The largest absolute Gasteiger partial charge is 0.303 e. The third-order valence-electron chi connectivity index (χ3n) is 5.38. The van der Waals surface area contributed by atoms with Crippen molar-refractivity contribution in [1.82, 2.24) is 4.90 Å². The molecule has 3 rings (SSSR count). The van der Waals surface area contributed by atoms with Crippen LogP contribution in [0.25, 0.3) is 0 Å². The summed E-state index contributed by atoms with van der Waals surface area (Å²) >= 11 is 0. The van der Waals surface area contributed by atoms with Crippen molar-refractivity contribution in [1.29, 1.82) is 0 Å². The number of nitrogens with one attached hydrogen (secondary N) is 1. The average molecular weight is 441 g/mol. The van der Waals surface area contributed by atoms with Gasteiger partial charge in [-0.25, -0.2) is 12.8 Å². The first-order valence-electron chi connectivity index (χ1n) is 9.94. The van der Waals surface area contributed by atoms with Gasteiger partial charge in [0.25, 0.3) is 10.0 Å². The summed E-state index contributed by atoms with van der Waals surface area (Å²) in [6, 6.07) is 11.5. The third kappa shape index (κ3) is 5.71. The molecular formula is C22H30ClFN2O2S. The number of halogens is 2. The Bertz CT molecular complexity index is 917. The molecule has 0 spiro atoms. The zero-order valence-corrected chi connectivity index (χ0v) is 18.8. The number of anilines is 1. The monoisotopic (exact) mass is 440 g/mol. The summed E-state index contributed by atoms with van der Waals surface area (Å²) < 4.78 is 42.2. The van der Waals surface area contributed by atoms with Crippen LogP contribution in [0.15, 0.2) is 47.4 Å². The van der Waals surface area contributed by atoms with Crippen molar-refractivity contribution in [2.24, 2.45) is 0 Å². The normalized spacial score (nSPS) is 17.3. The van der Waals surface area contributed by atoms with E-state index >= 15 is 0 Å². The van der Waals surface area contributed by atoms with Gasteiger partial charge in [0.05, 0.1) is 10.6 Å². The molecule has 7 heteroatoms. The summed E-state index contributed by atoms with van der Waals surface area (Å²) in [6.07, 6.45) is 2.12. The van der Waals surface area contributed by atoms with E-state index in [1.807, 2.05) is 19.9 Å². The van der Waals surface area contributed by atoms with E-state index in [9.17, 15) is 12.8 Å². The predicted molar refractivity (Wildman–Crippen MR) is 119 cm³/mol. The van der Waals surface area contributed by atoms with Gasteiger partial charge in [0.15, 0.2) is 0 Å². The van der Waals surface area contributed by atoms with Crippen molar-refractivity contribution in [2.75, 3.05) is 24.4 Å². The van der Waals surface area contributed by atoms with E-state index < -0.39 is 15.8 Å². The van der Waals surface area contributed by atoms with Gasteiger partial charge in [0, 0.05) is 6.54 Å². The van der Waals surface area contributed by atoms with Crippen molar-refractivity contribution in [3.05, 3.63) is 59.4 Å². The van der Waals surface area contributed by atoms with E-state index in [4.69, 9.17) is 0 Å². The molecular weight excluding hydrogens is 411 g/mol. The number of rotatable bonds is 7. The number of hydrogen-bond donors (Lipinski definition) is 1. The molecule has 0 aromatic heterocycles. The fraction of sp³-hybridized carbons (Fsp3) is 0.455. The molecule has 0 saturated carbocycles. The predicted octanol–water partition coefficient (Wildman–Crippen LogP) is 5.37. The van der Waals surface area contributed by atoms with E-state index in [-0.39, 0.29) is 23.0 Å². The van der Waals surface area contributed by atoms with Crippen LogP contribution in [-0.4, -0.2) is 33.0 Å². The Hall–Kier alpha value is -1.63. The highest BCUT2D eigenvalue weighted by Gasteiger charge is 2.24. The molecule has 1 heterocycles. The smallest absolute Gasteiger partial charge is 0.261 e. The fourth-order valence-corrected chi connectivity index (χ4v) is 4.79. The van der Waals surface area contributed by atoms with Crippen molar-refractivity contribution in [3.8, 4) is 0 Å². The van der Waals surface area contributed by atoms with Gasteiger partial charge in [-0.1, -0.05) is 39.0 Å². The van der Waals surface area contributed by atoms with Crippen LogP contribution in [0.1, 0.15) is 56.6 Å². The Kier molecular flexibility index (Phi) is 8.09. The average Bonchev–Trinajstić information content (AvgIpc) is 3.12. The lowest BCUT2D eigenvalue weighted by Gasteiger charge is -2.16. The van der Waals surface area contributed by atoms with Gasteiger partial charge < -0.3 is 4.90 Å². The number of benzene rings is 2. The number of sulfonamides is 1. The van der Waals surface area contributed by atoms with Crippen molar-refractivity contribution < 1.29 is 12.8 Å². The van der Waals surface area contributed by atoms with Gasteiger partial charge in [-0.05, 0) is 73.2 Å². The molecule has 0 bridgehead atoms. The fourth-order valence-electron chi connectivity index (χ4n) is 3.73. The summed E-state index contributed by atoms with van der Waals surface area (Å²) in [6.45, 7) is 9.27. The maximum atomic E-state index is 14.6. The Morgan fingerprint density at radius 3 is 2.45 bits per heavy atom. The van der Waals surface area contributed by atoms with E-state index in [0.717, 1.165) is 43.6 Å². The van der Waals surface area contributed by atoms with E-state index in [0.29, 0.717) is 11.8 Å². The molecule has 160 valence electrons. The van der Waals surface area contributed by atoms with Gasteiger partial charge in [0.2, 0.25) is 0 Å². The molecule has 1 unspecified atom stereocenters. The Morgan fingerprint density at radius 2 is 1.86 bits per heavy atom. The highest BCUT2D eigenvalue weighted by molar-refractivity contribution is 7.92. The molecule has 1 atom stereocenters. The molecule has 2 aromatic rings. The molecule has 0 radical (unpaired) electrons. The minimum Gasteiger partial charge on any atom is -0.303 e. The first-order chi connectivity index (χ1) is 13.3. The standard InChI is InChI=1S/C22H29FN2O2S.ClH/c1-4-12-25-13-11-19(15-25)18-7-10-22(21(23)14-18)24-28(26,27)20-8-5-17(6-9-20)16(2)3;/h5-10,14,16,19,24H,4,11-13,15H2,1-3H3;1H. The molecule has 29 heavy (non-hydrogen) atoms. The van der Waals surface area contributed by atoms with Gasteiger partial charge in [0.1, 0.15) is 5.82 Å². The van der Waals surface area contributed by atoms with E-state index in [1.54, 1.807) is 24.3 Å². The van der Waals surface area contributed by atoms with Crippen LogP contribution in [0.4, 0.5) is 10.1 Å². The molecule has 1 N–H and O–H groups in total. The zero-order chi connectivity index (χ0) is 20.3.